The van der Waals surface area contributed by atoms with Crippen molar-refractivity contribution in [2.75, 3.05) is 18.6 Å². The highest BCUT2D eigenvalue weighted by atomic mass is 32.2. The molecule has 0 atom stereocenters. The maximum Gasteiger partial charge on any atom is 0.268 e. The van der Waals surface area contributed by atoms with Gasteiger partial charge in [0.05, 0.1) is 12.0 Å². The number of hydrogen-bond donors (Lipinski definition) is 0. The fraction of sp³-hybridized carbons (Fsp3) is 0.190. The standard InChI is InChI=1S/C21H19NO2S2/c1-3-22(15-8-10-16(24-2)11-9-15)21(23)19-12-14-13-25-18-7-5-4-6-17(18)20(14)26-19/h4-12H,3,13H2,1-2H3. The Kier molecular flexibility index (Phi) is 4.74. The molecule has 0 unspecified atom stereocenters. The minimum absolute atomic E-state index is 0.0551. The molecule has 0 spiro atoms. The number of carbonyl (C=O) groups is 1. The summed E-state index contributed by atoms with van der Waals surface area (Å²) in [7, 11) is 1.64. The van der Waals surface area contributed by atoms with Crippen LogP contribution in [0.3, 0.4) is 0 Å². The smallest absolute Gasteiger partial charge is 0.268 e. The van der Waals surface area contributed by atoms with Gasteiger partial charge < -0.3 is 9.64 Å². The van der Waals surface area contributed by atoms with Crippen LogP contribution in [0.4, 0.5) is 5.69 Å². The van der Waals surface area contributed by atoms with Crippen LogP contribution in [0.25, 0.3) is 10.4 Å². The van der Waals surface area contributed by atoms with E-state index < -0.39 is 0 Å². The van der Waals surface area contributed by atoms with Crippen LogP contribution in [0.2, 0.25) is 0 Å². The zero-order chi connectivity index (χ0) is 18.1. The minimum atomic E-state index is 0.0551. The van der Waals surface area contributed by atoms with Crippen molar-refractivity contribution in [2.45, 2.75) is 17.6 Å². The second kappa shape index (κ2) is 7.17. The molecule has 1 aliphatic heterocycles. The summed E-state index contributed by atoms with van der Waals surface area (Å²) in [6, 6.07) is 18.1. The van der Waals surface area contributed by atoms with Crippen LogP contribution in [-0.2, 0) is 5.75 Å². The SMILES string of the molecule is CCN(C(=O)c1cc2c(s1)-c1ccccc1SC2)c1ccc(OC)cc1. The predicted molar refractivity (Wildman–Crippen MR) is 110 cm³/mol. The van der Waals surface area contributed by atoms with Crippen molar-refractivity contribution >= 4 is 34.7 Å². The molecule has 0 radical (unpaired) electrons. The van der Waals surface area contributed by atoms with E-state index in [9.17, 15) is 4.79 Å². The highest BCUT2D eigenvalue weighted by Gasteiger charge is 2.24. The molecule has 132 valence electrons. The molecule has 1 amide bonds. The van der Waals surface area contributed by atoms with Gasteiger partial charge in [0.15, 0.2) is 0 Å². The molecule has 0 saturated carbocycles. The van der Waals surface area contributed by atoms with Gasteiger partial charge >= 0.3 is 0 Å². The van der Waals surface area contributed by atoms with Gasteiger partial charge in [-0.3, -0.25) is 4.79 Å². The second-order valence-electron chi connectivity index (χ2n) is 6.00. The van der Waals surface area contributed by atoms with Gasteiger partial charge in [-0.15, -0.1) is 23.1 Å². The number of nitrogens with zero attached hydrogens (tertiary/aromatic N) is 1. The van der Waals surface area contributed by atoms with Crippen molar-refractivity contribution in [1.29, 1.82) is 0 Å². The molecule has 2 heterocycles. The van der Waals surface area contributed by atoms with Crippen LogP contribution < -0.4 is 9.64 Å². The van der Waals surface area contributed by atoms with Gasteiger partial charge in [-0.1, -0.05) is 18.2 Å². The predicted octanol–water partition coefficient (Wildman–Crippen LogP) is 5.70. The molecule has 0 fully saturated rings. The van der Waals surface area contributed by atoms with Crippen molar-refractivity contribution in [2.24, 2.45) is 0 Å². The number of methoxy groups -OCH3 is 1. The lowest BCUT2D eigenvalue weighted by atomic mass is 10.1. The summed E-state index contributed by atoms with van der Waals surface area (Å²) in [5.74, 6) is 1.77. The molecular formula is C21H19NO2S2. The molecule has 0 bridgehead atoms. The molecule has 1 aromatic heterocycles. The number of rotatable bonds is 4. The van der Waals surface area contributed by atoms with Gasteiger partial charge in [-0.2, -0.15) is 0 Å². The Morgan fingerprint density at radius 3 is 2.65 bits per heavy atom. The van der Waals surface area contributed by atoms with Crippen molar-refractivity contribution in [3.8, 4) is 16.2 Å². The Bertz CT molecular complexity index is 947. The maximum atomic E-state index is 13.2. The van der Waals surface area contributed by atoms with Crippen LogP contribution >= 0.6 is 23.1 Å². The minimum Gasteiger partial charge on any atom is -0.497 e. The fourth-order valence-corrected chi connectivity index (χ4v) is 5.51. The zero-order valence-corrected chi connectivity index (χ0v) is 16.3. The Hall–Kier alpha value is -2.24. The van der Waals surface area contributed by atoms with E-state index >= 15 is 0 Å². The number of anilines is 1. The average Bonchev–Trinajstić information content (AvgIpc) is 3.14. The number of benzene rings is 2. The number of carbonyl (C=O) groups excluding carboxylic acids is 1. The molecule has 2 aromatic carbocycles. The van der Waals surface area contributed by atoms with E-state index in [2.05, 4.69) is 30.3 Å². The lowest BCUT2D eigenvalue weighted by Gasteiger charge is -2.20. The first kappa shape index (κ1) is 17.2. The monoisotopic (exact) mass is 381 g/mol. The first-order valence-electron chi connectivity index (χ1n) is 8.52. The normalized spacial score (nSPS) is 12.2. The third-order valence-corrected chi connectivity index (χ3v) is 6.80. The molecule has 0 N–H and O–H groups in total. The number of thioether (sulfide) groups is 1. The Morgan fingerprint density at radius 2 is 1.92 bits per heavy atom. The number of hydrogen-bond acceptors (Lipinski definition) is 4. The first-order chi connectivity index (χ1) is 12.7. The number of fused-ring (bicyclic) bond motifs is 3. The molecule has 1 aliphatic rings. The summed E-state index contributed by atoms with van der Waals surface area (Å²) >= 11 is 3.44. The van der Waals surface area contributed by atoms with Gasteiger partial charge in [0.2, 0.25) is 0 Å². The highest BCUT2D eigenvalue weighted by molar-refractivity contribution is 7.98. The van der Waals surface area contributed by atoms with Crippen molar-refractivity contribution in [3.05, 3.63) is 65.0 Å². The van der Waals surface area contributed by atoms with Gasteiger partial charge in [0.25, 0.3) is 5.91 Å². The highest BCUT2D eigenvalue weighted by Crippen LogP contribution is 2.45. The Labute approximate surface area is 161 Å². The molecule has 4 rings (SSSR count). The molecule has 3 nitrogen and oxygen atoms in total. The van der Waals surface area contributed by atoms with Crippen molar-refractivity contribution in [3.63, 3.8) is 0 Å². The maximum absolute atomic E-state index is 13.2. The zero-order valence-electron chi connectivity index (χ0n) is 14.7. The van der Waals surface area contributed by atoms with Gasteiger partial charge in [-0.05, 0) is 48.9 Å². The lowest BCUT2D eigenvalue weighted by Crippen LogP contribution is -2.29. The molecule has 26 heavy (non-hydrogen) atoms. The fourth-order valence-electron chi connectivity index (χ4n) is 3.14. The third-order valence-electron chi connectivity index (χ3n) is 4.48. The van der Waals surface area contributed by atoms with E-state index in [-0.39, 0.29) is 5.91 Å². The van der Waals surface area contributed by atoms with Gasteiger partial charge in [-0.25, -0.2) is 0 Å². The van der Waals surface area contributed by atoms with Crippen LogP contribution in [0, 0.1) is 0 Å². The summed E-state index contributed by atoms with van der Waals surface area (Å²) in [5, 5.41) is 0. The van der Waals surface area contributed by atoms with Crippen LogP contribution in [-0.4, -0.2) is 19.6 Å². The number of amides is 1. The van der Waals surface area contributed by atoms with E-state index in [1.807, 2.05) is 47.9 Å². The Balaban J connectivity index is 1.67. The summed E-state index contributed by atoms with van der Waals surface area (Å²) in [6.45, 7) is 2.62. The summed E-state index contributed by atoms with van der Waals surface area (Å²) in [4.78, 5) is 18.3. The number of ether oxygens (including phenoxy) is 1. The van der Waals surface area contributed by atoms with Crippen molar-refractivity contribution < 1.29 is 9.53 Å². The summed E-state index contributed by atoms with van der Waals surface area (Å²) in [5.41, 5.74) is 3.39. The molecule has 3 aromatic rings. The molecular weight excluding hydrogens is 362 g/mol. The van der Waals surface area contributed by atoms with Crippen LogP contribution in [0.1, 0.15) is 22.2 Å². The van der Waals surface area contributed by atoms with E-state index in [0.717, 1.165) is 22.1 Å². The largest absolute Gasteiger partial charge is 0.497 e. The van der Waals surface area contributed by atoms with E-state index in [4.69, 9.17) is 4.74 Å². The van der Waals surface area contributed by atoms with Crippen LogP contribution in [0.15, 0.2) is 59.5 Å². The van der Waals surface area contributed by atoms with Crippen LogP contribution in [0.5, 0.6) is 5.75 Å². The topological polar surface area (TPSA) is 29.5 Å². The number of thiophene rings is 1. The van der Waals surface area contributed by atoms with E-state index in [0.29, 0.717) is 6.54 Å². The third kappa shape index (κ3) is 3.02. The molecule has 5 heteroatoms. The lowest BCUT2D eigenvalue weighted by molar-refractivity contribution is 0.0992. The molecule has 0 aliphatic carbocycles. The van der Waals surface area contributed by atoms with Gasteiger partial charge in [0.1, 0.15) is 5.75 Å². The van der Waals surface area contributed by atoms with E-state index in [1.54, 1.807) is 18.4 Å². The summed E-state index contributed by atoms with van der Waals surface area (Å²) < 4.78 is 5.21. The van der Waals surface area contributed by atoms with Gasteiger partial charge in [0, 0.05) is 33.3 Å². The van der Waals surface area contributed by atoms with E-state index in [1.165, 1.54) is 20.9 Å². The molecule has 0 saturated heterocycles. The summed E-state index contributed by atoms with van der Waals surface area (Å²) in [6.07, 6.45) is 0. The van der Waals surface area contributed by atoms with Crippen molar-refractivity contribution in [1.82, 2.24) is 0 Å². The first-order valence-corrected chi connectivity index (χ1v) is 10.3. The quantitative estimate of drug-likeness (QED) is 0.581. The average molecular weight is 382 g/mol. The second-order valence-corrected chi connectivity index (χ2v) is 8.07. The Morgan fingerprint density at radius 1 is 1.15 bits per heavy atom.